The smallest absolute Gasteiger partial charge is 0.318 e. The molecule has 0 spiro atoms. The molecule has 236 valence electrons. The van der Waals surface area contributed by atoms with Gasteiger partial charge in [0.15, 0.2) is 5.83 Å². The summed E-state index contributed by atoms with van der Waals surface area (Å²) in [4.78, 5) is 30.5. The number of ether oxygens (including phenoxy) is 1. The molecule has 3 aliphatic rings. The molecule has 1 aliphatic carbocycles. The highest BCUT2D eigenvalue weighted by Crippen LogP contribution is 2.37. The van der Waals surface area contributed by atoms with Gasteiger partial charge < -0.3 is 24.3 Å². The van der Waals surface area contributed by atoms with Crippen molar-refractivity contribution in [3.63, 3.8) is 0 Å². The van der Waals surface area contributed by atoms with Crippen LogP contribution >= 0.6 is 11.6 Å². The van der Waals surface area contributed by atoms with Crippen molar-refractivity contribution in [1.29, 1.82) is 5.26 Å². The lowest BCUT2D eigenvalue weighted by molar-refractivity contribution is -0.131. The van der Waals surface area contributed by atoms with Crippen molar-refractivity contribution in [2.75, 3.05) is 56.7 Å². The van der Waals surface area contributed by atoms with Crippen LogP contribution in [0.1, 0.15) is 36.9 Å². The van der Waals surface area contributed by atoms with Gasteiger partial charge in [-0.1, -0.05) is 42.4 Å². The van der Waals surface area contributed by atoms with Gasteiger partial charge in [0.25, 0.3) is 5.91 Å². The second-order valence-electron chi connectivity index (χ2n) is 12.5. The molecule has 2 aliphatic heterocycles. The molecule has 1 saturated heterocycles. The van der Waals surface area contributed by atoms with E-state index in [9.17, 15) is 14.4 Å². The van der Waals surface area contributed by atoms with Crippen molar-refractivity contribution in [1.82, 2.24) is 19.8 Å². The minimum Gasteiger partial charge on any atom is -0.463 e. The van der Waals surface area contributed by atoms with Gasteiger partial charge in [-0.05, 0) is 63.2 Å². The van der Waals surface area contributed by atoms with E-state index < -0.39 is 17.8 Å². The molecule has 9 nitrogen and oxygen atoms in total. The zero-order valence-electron chi connectivity index (χ0n) is 25.9. The van der Waals surface area contributed by atoms with E-state index in [4.69, 9.17) is 26.3 Å². The maximum absolute atomic E-state index is 13.8. The van der Waals surface area contributed by atoms with E-state index in [1.54, 1.807) is 0 Å². The molecule has 6 rings (SSSR count). The Morgan fingerprint density at radius 1 is 1.16 bits per heavy atom. The Labute approximate surface area is 268 Å². The summed E-state index contributed by atoms with van der Waals surface area (Å²) in [7, 11) is 4.25. The summed E-state index contributed by atoms with van der Waals surface area (Å²) in [6, 6.07) is 14.7. The number of halogens is 2. The first kappa shape index (κ1) is 31.1. The van der Waals surface area contributed by atoms with Gasteiger partial charge in [-0.3, -0.25) is 4.79 Å². The Kier molecular flexibility index (Phi) is 9.11. The standard InChI is InChI=1S/C34H39ClFN7O2/c1-22(36)33(44)43-17-16-42(19-26(43)12-14-37)32-27-13-15-41(30-9-5-7-24-6-4-8-28(35)31(24)30)20-29(27)38-34(39-32)45-21-23-10-11-25(18-23)40(2)3/h4-9,23,25-26H,1,10-13,15-21H2,2-3H3/t23-,25+,26-/m0/s1. The number of hydrogen-bond donors (Lipinski definition) is 0. The normalized spacial score (nSPS) is 21.6. The number of aromatic nitrogens is 2. The van der Waals surface area contributed by atoms with Crippen LogP contribution in [0.5, 0.6) is 6.01 Å². The van der Waals surface area contributed by atoms with Crippen molar-refractivity contribution < 1.29 is 13.9 Å². The third-order valence-electron chi connectivity index (χ3n) is 9.49. The van der Waals surface area contributed by atoms with Gasteiger partial charge in [-0.2, -0.15) is 15.2 Å². The fourth-order valence-electron chi connectivity index (χ4n) is 7.07. The van der Waals surface area contributed by atoms with Crippen LogP contribution in [-0.4, -0.2) is 84.6 Å². The van der Waals surface area contributed by atoms with Crippen molar-refractivity contribution in [2.24, 2.45) is 5.92 Å². The van der Waals surface area contributed by atoms with Crippen molar-refractivity contribution in [3.05, 3.63) is 65.1 Å². The highest BCUT2D eigenvalue weighted by atomic mass is 35.5. The van der Waals surface area contributed by atoms with Crippen LogP contribution in [-0.2, 0) is 17.8 Å². The number of carbonyl (C=O) groups is 1. The molecule has 1 amide bonds. The van der Waals surface area contributed by atoms with Crippen LogP contribution in [0.25, 0.3) is 10.8 Å². The lowest BCUT2D eigenvalue weighted by Gasteiger charge is -2.42. The number of nitrogens with zero attached hydrogens (tertiary/aromatic N) is 7. The molecule has 0 unspecified atom stereocenters. The molecule has 3 atom stereocenters. The number of piperazine rings is 1. The minimum atomic E-state index is -1.02. The van der Waals surface area contributed by atoms with E-state index in [-0.39, 0.29) is 13.0 Å². The topological polar surface area (TPSA) is 88.8 Å². The lowest BCUT2D eigenvalue weighted by atomic mass is 10.0. The van der Waals surface area contributed by atoms with Crippen molar-refractivity contribution in [3.8, 4) is 12.1 Å². The van der Waals surface area contributed by atoms with Crippen LogP contribution < -0.4 is 14.5 Å². The third-order valence-corrected chi connectivity index (χ3v) is 9.80. The van der Waals surface area contributed by atoms with Gasteiger partial charge in [0.2, 0.25) is 0 Å². The van der Waals surface area contributed by atoms with Gasteiger partial charge in [0.1, 0.15) is 5.82 Å². The van der Waals surface area contributed by atoms with E-state index in [2.05, 4.69) is 59.6 Å². The number of rotatable bonds is 8. The van der Waals surface area contributed by atoms with E-state index in [0.29, 0.717) is 55.7 Å². The fourth-order valence-corrected chi connectivity index (χ4v) is 7.35. The Morgan fingerprint density at radius 2 is 1.96 bits per heavy atom. The number of nitriles is 1. The van der Waals surface area contributed by atoms with Gasteiger partial charge in [0.05, 0.1) is 42.4 Å². The van der Waals surface area contributed by atoms with Crippen LogP contribution in [0, 0.1) is 17.2 Å². The highest BCUT2D eigenvalue weighted by Gasteiger charge is 2.35. The number of anilines is 2. The first-order valence-electron chi connectivity index (χ1n) is 15.6. The number of benzene rings is 2. The summed E-state index contributed by atoms with van der Waals surface area (Å²) in [5.74, 6) is -0.588. The average molecular weight is 632 g/mol. The number of fused-ring (bicyclic) bond motifs is 2. The van der Waals surface area contributed by atoms with Crippen LogP contribution in [0.3, 0.4) is 0 Å². The number of amides is 1. The Hall–Kier alpha value is -3.94. The van der Waals surface area contributed by atoms with E-state index >= 15 is 0 Å². The molecular formula is C34H39ClFN7O2. The van der Waals surface area contributed by atoms with Gasteiger partial charge in [-0.15, -0.1) is 0 Å². The average Bonchev–Trinajstić information content (AvgIpc) is 3.52. The second-order valence-corrected chi connectivity index (χ2v) is 12.9. The molecule has 2 fully saturated rings. The molecule has 1 saturated carbocycles. The molecular weight excluding hydrogens is 593 g/mol. The molecule has 0 radical (unpaired) electrons. The Balaban J connectivity index is 1.32. The van der Waals surface area contributed by atoms with E-state index in [1.807, 2.05) is 18.2 Å². The number of hydrogen-bond acceptors (Lipinski definition) is 8. The monoisotopic (exact) mass is 631 g/mol. The predicted molar refractivity (Wildman–Crippen MR) is 174 cm³/mol. The Morgan fingerprint density at radius 3 is 2.69 bits per heavy atom. The summed E-state index contributed by atoms with van der Waals surface area (Å²) in [6.07, 6.45) is 4.10. The van der Waals surface area contributed by atoms with Gasteiger partial charge in [-0.25, -0.2) is 4.39 Å². The number of carbonyl (C=O) groups excluding carboxylic acids is 1. The first-order chi connectivity index (χ1) is 21.7. The molecule has 3 heterocycles. The highest BCUT2D eigenvalue weighted by molar-refractivity contribution is 6.36. The summed E-state index contributed by atoms with van der Waals surface area (Å²) in [5, 5.41) is 12.3. The summed E-state index contributed by atoms with van der Waals surface area (Å²) in [6.45, 7) is 6.09. The SMILES string of the molecule is C=C(F)C(=O)N1CCN(c2nc(OC[C@H]3CC[C@@H](N(C)C)C3)nc3c2CCN(c2cccc4cccc(Cl)c24)C3)C[C@@H]1CC#N. The quantitative estimate of drug-likeness (QED) is 0.307. The van der Waals surface area contributed by atoms with E-state index in [0.717, 1.165) is 59.3 Å². The second kappa shape index (κ2) is 13.2. The maximum Gasteiger partial charge on any atom is 0.318 e. The largest absolute Gasteiger partial charge is 0.463 e. The first-order valence-corrected chi connectivity index (χ1v) is 16.0. The van der Waals surface area contributed by atoms with Crippen molar-refractivity contribution >= 4 is 39.8 Å². The van der Waals surface area contributed by atoms with E-state index in [1.165, 1.54) is 4.90 Å². The maximum atomic E-state index is 13.8. The minimum absolute atomic E-state index is 0.0799. The van der Waals surface area contributed by atoms with Crippen LogP contribution in [0.4, 0.5) is 15.9 Å². The summed E-state index contributed by atoms with van der Waals surface area (Å²) < 4.78 is 20.2. The zero-order valence-corrected chi connectivity index (χ0v) is 26.6. The lowest BCUT2D eigenvalue weighted by Crippen LogP contribution is -2.55. The van der Waals surface area contributed by atoms with Gasteiger partial charge in [0, 0.05) is 48.9 Å². The molecule has 3 aromatic rings. The van der Waals surface area contributed by atoms with Crippen LogP contribution in [0.15, 0.2) is 48.8 Å². The zero-order chi connectivity index (χ0) is 31.7. The molecule has 45 heavy (non-hydrogen) atoms. The predicted octanol–water partition coefficient (Wildman–Crippen LogP) is 5.37. The fraction of sp³-hybridized carbons (Fsp3) is 0.471. The Bertz CT molecular complexity index is 1640. The summed E-state index contributed by atoms with van der Waals surface area (Å²) >= 11 is 6.70. The molecule has 0 N–H and O–H groups in total. The summed E-state index contributed by atoms with van der Waals surface area (Å²) in [5.41, 5.74) is 2.97. The van der Waals surface area contributed by atoms with Crippen molar-refractivity contribution in [2.45, 2.75) is 50.7 Å². The van der Waals surface area contributed by atoms with Gasteiger partial charge >= 0.3 is 6.01 Å². The van der Waals surface area contributed by atoms with Crippen LogP contribution in [0.2, 0.25) is 5.02 Å². The molecule has 0 bridgehead atoms. The third kappa shape index (κ3) is 6.42. The molecule has 1 aromatic heterocycles. The molecule has 11 heteroatoms. The molecule has 2 aromatic carbocycles.